The lowest BCUT2D eigenvalue weighted by Gasteiger charge is -2.19. The third-order valence-corrected chi connectivity index (χ3v) is 6.89. The number of hydrogen-bond acceptors (Lipinski definition) is 4. The molecule has 2 N–H and O–H groups in total. The van der Waals surface area contributed by atoms with Gasteiger partial charge in [-0.3, -0.25) is 0 Å². The monoisotopic (exact) mass is 486 g/mol. The average molecular weight is 487 g/mol. The number of carbonyl (C=O) groups is 1. The Balaban J connectivity index is 1.44. The van der Waals surface area contributed by atoms with E-state index in [1.54, 1.807) is 0 Å². The van der Waals surface area contributed by atoms with Crippen LogP contribution in [0.5, 0.6) is 0 Å². The molecule has 0 spiro atoms. The molecule has 0 unspecified atom stereocenters. The number of methoxy groups -OCH3 is 1. The van der Waals surface area contributed by atoms with Gasteiger partial charge in [-0.15, -0.1) is 11.3 Å². The third-order valence-electron chi connectivity index (χ3n) is 5.55. The lowest BCUT2D eigenvalue weighted by Crippen LogP contribution is -2.30. The molecule has 1 aromatic heterocycles. The van der Waals surface area contributed by atoms with Gasteiger partial charge in [-0.2, -0.15) is 0 Å². The fourth-order valence-corrected chi connectivity index (χ4v) is 5.19. The summed E-state index contributed by atoms with van der Waals surface area (Å²) in [7, 11) is 1.38. The minimum absolute atomic E-state index is 0.259. The van der Waals surface area contributed by atoms with E-state index < -0.39 is 5.97 Å². The fourth-order valence-electron chi connectivity index (χ4n) is 3.86. The number of ether oxygens (including phenoxy) is 1. The van der Waals surface area contributed by atoms with Crippen LogP contribution in [0.1, 0.15) is 33.8 Å². The summed E-state index contributed by atoms with van der Waals surface area (Å²) in [5.74, 6) is -0.133. The first-order valence-electron chi connectivity index (χ1n) is 11.1. The predicted octanol–water partition coefficient (Wildman–Crippen LogP) is 6.71. The number of carbonyl (C=O) groups excluding carboxylic acids is 1. The molecule has 0 bridgehead atoms. The van der Waals surface area contributed by atoms with Gasteiger partial charge in [0.25, 0.3) is 0 Å². The molecule has 0 saturated heterocycles. The molecule has 0 amide bonds. The zero-order valence-electron chi connectivity index (χ0n) is 18.9. The molecule has 34 heavy (non-hydrogen) atoms. The van der Waals surface area contributed by atoms with E-state index in [4.69, 9.17) is 17.0 Å². The number of rotatable bonds is 8. The van der Waals surface area contributed by atoms with Crippen molar-refractivity contribution in [2.24, 2.45) is 0 Å². The van der Waals surface area contributed by atoms with E-state index >= 15 is 0 Å². The van der Waals surface area contributed by atoms with Gasteiger partial charge >= 0.3 is 5.97 Å². The van der Waals surface area contributed by atoms with E-state index in [2.05, 4.69) is 59.2 Å². The van der Waals surface area contributed by atoms with Crippen LogP contribution in [0.15, 0.2) is 97.1 Å². The molecule has 3 aromatic carbocycles. The summed E-state index contributed by atoms with van der Waals surface area (Å²) in [6, 6.07) is 32.8. The number of nitrogens with one attached hydrogen (secondary N) is 2. The number of benzene rings is 3. The van der Waals surface area contributed by atoms with E-state index in [-0.39, 0.29) is 5.92 Å². The minimum Gasteiger partial charge on any atom is -0.465 e. The van der Waals surface area contributed by atoms with Crippen molar-refractivity contribution in [3.05, 3.63) is 114 Å². The molecule has 172 valence electrons. The second-order valence-electron chi connectivity index (χ2n) is 7.75. The van der Waals surface area contributed by atoms with Gasteiger partial charge in [-0.25, -0.2) is 4.79 Å². The highest BCUT2D eigenvalue weighted by atomic mass is 32.1. The van der Waals surface area contributed by atoms with Gasteiger partial charge in [0.05, 0.1) is 12.7 Å². The smallest absolute Gasteiger partial charge is 0.340 e. The molecule has 0 aliphatic carbocycles. The molecular weight excluding hydrogens is 460 g/mol. The molecule has 4 aromatic rings. The van der Waals surface area contributed by atoms with Crippen molar-refractivity contribution in [1.82, 2.24) is 5.32 Å². The molecule has 6 heteroatoms. The highest BCUT2D eigenvalue weighted by Gasteiger charge is 2.19. The Labute approximate surface area is 209 Å². The number of esters is 1. The van der Waals surface area contributed by atoms with Crippen molar-refractivity contribution >= 4 is 39.6 Å². The summed E-state index contributed by atoms with van der Waals surface area (Å²) < 4.78 is 4.98. The molecule has 0 aliphatic rings. The lowest BCUT2D eigenvalue weighted by atomic mass is 9.88. The lowest BCUT2D eigenvalue weighted by molar-refractivity contribution is 0.0602. The Hall–Kier alpha value is -3.48. The topological polar surface area (TPSA) is 50.4 Å². The standard InChI is InChI=1S/C28H26N2O2S2/c1-32-27(31)24-19-25(22-15-9-4-10-16-22)34-26(24)30-28(33)29-18-17-23(20-11-5-2-6-12-20)21-13-7-3-8-14-21/h2-16,19,23H,17-18H2,1H3,(H2,29,30,33). The van der Waals surface area contributed by atoms with Crippen LogP contribution in [0.4, 0.5) is 5.00 Å². The van der Waals surface area contributed by atoms with Crippen LogP contribution in [0.3, 0.4) is 0 Å². The van der Waals surface area contributed by atoms with Crippen LogP contribution in [0.2, 0.25) is 0 Å². The number of thiocarbonyl (C=S) groups is 1. The van der Waals surface area contributed by atoms with Gasteiger partial charge in [0, 0.05) is 17.3 Å². The van der Waals surface area contributed by atoms with Gasteiger partial charge in [0.2, 0.25) is 0 Å². The van der Waals surface area contributed by atoms with Crippen molar-refractivity contribution in [3.8, 4) is 10.4 Å². The third kappa shape index (κ3) is 5.90. The quantitative estimate of drug-likeness (QED) is 0.214. The van der Waals surface area contributed by atoms with Crippen LogP contribution in [-0.2, 0) is 4.74 Å². The summed E-state index contributed by atoms with van der Waals surface area (Å²) in [6.45, 7) is 0.685. The zero-order valence-corrected chi connectivity index (χ0v) is 20.5. The summed E-state index contributed by atoms with van der Waals surface area (Å²) >= 11 is 7.04. The summed E-state index contributed by atoms with van der Waals surface area (Å²) in [5, 5.41) is 7.67. The first-order valence-corrected chi connectivity index (χ1v) is 12.3. The van der Waals surface area contributed by atoms with Crippen molar-refractivity contribution < 1.29 is 9.53 Å². The normalized spacial score (nSPS) is 10.6. The molecule has 0 atom stereocenters. The molecule has 0 radical (unpaired) electrons. The van der Waals surface area contributed by atoms with Gasteiger partial charge < -0.3 is 15.4 Å². The zero-order chi connectivity index (χ0) is 23.8. The summed E-state index contributed by atoms with van der Waals surface area (Å²) in [5.41, 5.74) is 4.06. The highest BCUT2D eigenvalue weighted by Crippen LogP contribution is 2.36. The number of thiophene rings is 1. The van der Waals surface area contributed by atoms with Crippen molar-refractivity contribution in [2.75, 3.05) is 19.0 Å². The molecule has 4 nitrogen and oxygen atoms in total. The highest BCUT2D eigenvalue weighted by molar-refractivity contribution is 7.80. The summed E-state index contributed by atoms with van der Waals surface area (Å²) in [4.78, 5) is 13.3. The Morgan fingerprint density at radius 1 is 0.912 bits per heavy atom. The second-order valence-corrected chi connectivity index (χ2v) is 9.22. The average Bonchev–Trinajstić information content (AvgIpc) is 3.31. The van der Waals surface area contributed by atoms with Crippen molar-refractivity contribution in [3.63, 3.8) is 0 Å². The maximum Gasteiger partial charge on any atom is 0.340 e. The first-order chi connectivity index (χ1) is 16.7. The predicted molar refractivity (Wildman–Crippen MR) is 145 cm³/mol. The molecule has 0 saturated carbocycles. The van der Waals surface area contributed by atoms with E-state index in [0.717, 1.165) is 16.9 Å². The van der Waals surface area contributed by atoms with E-state index in [1.807, 2.05) is 48.5 Å². The minimum atomic E-state index is -0.392. The van der Waals surface area contributed by atoms with Gasteiger partial charge in [-0.1, -0.05) is 91.0 Å². The second kappa shape index (κ2) is 11.6. The largest absolute Gasteiger partial charge is 0.465 e. The van der Waals surface area contributed by atoms with Crippen LogP contribution >= 0.6 is 23.6 Å². The van der Waals surface area contributed by atoms with Crippen LogP contribution in [0, 0.1) is 0 Å². The van der Waals surface area contributed by atoms with Crippen molar-refractivity contribution in [1.29, 1.82) is 0 Å². The maximum atomic E-state index is 12.4. The van der Waals surface area contributed by atoms with Crippen LogP contribution in [0.25, 0.3) is 10.4 Å². The molecule has 4 rings (SSSR count). The Kier molecular flexibility index (Phi) is 8.07. The van der Waals surface area contributed by atoms with E-state index in [0.29, 0.717) is 22.2 Å². The van der Waals surface area contributed by atoms with Gasteiger partial charge in [0.1, 0.15) is 5.00 Å². The van der Waals surface area contributed by atoms with E-state index in [9.17, 15) is 4.79 Å². The number of anilines is 1. The molecule has 1 heterocycles. The summed E-state index contributed by atoms with van der Waals surface area (Å²) in [6.07, 6.45) is 0.874. The molecular formula is C28H26N2O2S2. The Bertz CT molecular complexity index is 1190. The van der Waals surface area contributed by atoms with Gasteiger partial charge in [0.15, 0.2) is 5.11 Å². The van der Waals surface area contributed by atoms with Crippen LogP contribution in [-0.4, -0.2) is 24.7 Å². The molecule has 0 aliphatic heterocycles. The molecule has 0 fully saturated rings. The van der Waals surface area contributed by atoms with E-state index in [1.165, 1.54) is 29.6 Å². The van der Waals surface area contributed by atoms with Gasteiger partial charge in [-0.05, 0) is 41.4 Å². The Morgan fingerprint density at radius 2 is 1.47 bits per heavy atom. The SMILES string of the molecule is COC(=O)c1cc(-c2ccccc2)sc1NC(=S)NCCC(c1ccccc1)c1ccccc1. The maximum absolute atomic E-state index is 12.4. The van der Waals surface area contributed by atoms with Crippen LogP contribution < -0.4 is 10.6 Å². The van der Waals surface area contributed by atoms with Crippen molar-refractivity contribution in [2.45, 2.75) is 12.3 Å². The number of hydrogen-bond donors (Lipinski definition) is 2. The first kappa shape index (κ1) is 23.7. The Morgan fingerprint density at radius 3 is 2.03 bits per heavy atom. The fraction of sp³-hybridized carbons (Fsp3) is 0.143.